The normalized spacial score (nSPS) is 13.8. The smallest absolute Gasteiger partial charge is 0.337 e. The summed E-state index contributed by atoms with van der Waals surface area (Å²) in [5, 5.41) is 2.92. The van der Waals surface area contributed by atoms with E-state index in [1.807, 2.05) is 0 Å². The molecule has 1 aromatic heterocycles. The number of esters is 3. The van der Waals surface area contributed by atoms with Crippen molar-refractivity contribution in [2.75, 3.05) is 19.8 Å². The SMILES string of the molecule is CCOC(=O)C1=C(C)NC(C)=C(C(=O)OCC)C1C(=O)OCC(=O)c1cc(C)n(-c2ccccc2F)c1C. The van der Waals surface area contributed by atoms with E-state index in [4.69, 9.17) is 14.2 Å². The molecule has 3 rings (SSSR count). The summed E-state index contributed by atoms with van der Waals surface area (Å²) in [6, 6.07) is 7.76. The number of hydrogen-bond acceptors (Lipinski definition) is 8. The first-order chi connectivity index (χ1) is 18.0. The van der Waals surface area contributed by atoms with Gasteiger partial charge < -0.3 is 24.1 Å². The van der Waals surface area contributed by atoms with Gasteiger partial charge in [0.1, 0.15) is 11.7 Å². The third-order valence-electron chi connectivity index (χ3n) is 6.16. The zero-order valence-corrected chi connectivity index (χ0v) is 22.3. The van der Waals surface area contributed by atoms with Gasteiger partial charge in [0.15, 0.2) is 6.61 Å². The van der Waals surface area contributed by atoms with Crippen LogP contribution in [-0.2, 0) is 28.6 Å². The van der Waals surface area contributed by atoms with E-state index in [2.05, 4.69) is 5.32 Å². The van der Waals surface area contributed by atoms with Crippen LogP contribution < -0.4 is 5.32 Å². The summed E-state index contributed by atoms with van der Waals surface area (Å²) < 4.78 is 31.6. The number of para-hydroxylation sites is 1. The molecule has 0 atom stereocenters. The number of carbonyl (C=O) groups is 4. The minimum absolute atomic E-state index is 0.0466. The summed E-state index contributed by atoms with van der Waals surface area (Å²) in [5.41, 5.74) is 2.05. The number of dihydropyridines is 1. The molecule has 0 saturated heterocycles. The summed E-state index contributed by atoms with van der Waals surface area (Å²) in [5.74, 6) is -5.00. The van der Waals surface area contributed by atoms with Gasteiger partial charge in [0.2, 0.25) is 5.78 Å². The zero-order chi connectivity index (χ0) is 28.1. The van der Waals surface area contributed by atoms with E-state index in [9.17, 15) is 23.6 Å². The molecule has 10 heteroatoms. The van der Waals surface area contributed by atoms with Crippen LogP contribution in [0.15, 0.2) is 52.9 Å². The Labute approximate surface area is 220 Å². The van der Waals surface area contributed by atoms with Gasteiger partial charge in [-0.25, -0.2) is 14.0 Å². The van der Waals surface area contributed by atoms with Crippen molar-refractivity contribution in [1.29, 1.82) is 0 Å². The molecule has 0 spiro atoms. The quantitative estimate of drug-likeness (QED) is 0.298. The lowest BCUT2D eigenvalue weighted by Gasteiger charge is -2.28. The molecule has 0 aliphatic carbocycles. The fourth-order valence-electron chi connectivity index (χ4n) is 4.54. The Morgan fingerprint density at radius 3 is 1.97 bits per heavy atom. The van der Waals surface area contributed by atoms with Crippen molar-refractivity contribution in [1.82, 2.24) is 9.88 Å². The Bertz CT molecular complexity index is 1310. The maximum atomic E-state index is 14.4. The molecule has 202 valence electrons. The van der Waals surface area contributed by atoms with Crippen molar-refractivity contribution in [2.45, 2.75) is 41.5 Å². The molecule has 9 nitrogen and oxygen atoms in total. The topological polar surface area (TPSA) is 113 Å². The van der Waals surface area contributed by atoms with Gasteiger partial charge in [-0.1, -0.05) is 12.1 Å². The van der Waals surface area contributed by atoms with Crippen LogP contribution in [0.3, 0.4) is 0 Å². The number of hydrogen-bond donors (Lipinski definition) is 1. The minimum atomic E-state index is -1.45. The van der Waals surface area contributed by atoms with Crippen LogP contribution in [0.25, 0.3) is 5.69 Å². The van der Waals surface area contributed by atoms with Gasteiger partial charge in [-0.2, -0.15) is 0 Å². The van der Waals surface area contributed by atoms with Crippen molar-refractivity contribution < 1.29 is 37.8 Å². The van der Waals surface area contributed by atoms with Crippen molar-refractivity contribution in [3.8, 4) is 5.69 Å². The standard InChI is InChI=1S/C28H31FN2O7/c1-7-36-26(33)23-16(4)30-17(5)24(27(34)37-8-2)25(23)28(35)38-14-22(32)19-13-15(3)31(18(19)6)21-12-10-9-11-20(21)29/h9-13,25,30H,7-8,14H2,1-6H3. The molecule has 1 aliphatic rings. The second-order valence-electron chi connectivity index (χ2n) is 8.68. The lowest BCUT2D eigenvalue weighted by molar-refractivity contribution is -0.151. The number of allylic oxidation sites excluding steroid dienone is 2. The van der Waals surface area contributed by atoms with Crippen molar-refractivity contribution in [2.24, 2.45) is 5.92 Å². The minimum Gasteiger partial charge on any atom is -0.463 e. The van der Waals surface area contributed by atoms with Crippen LogP contribution in [0.2, 0.25) is 0 Å². The van der Waals surface area contributed by atoms with Gasteiger partial charge in [-0.15, -0.1) is 0 Å². The number of nitrogens with one attached hydrogen (secondary N) is 1. The highest BCUT2D eigenvalue weighted by Crippen LogP contribution is 2.33. The van der Waals surface area contributed by atoms with E-state index in [0.717, 1.165) is 0 Å². The van der Waals surface area contributed by atoms with E-state index in [0.29, 0.717) is 22.8 Å². The monoisotopic (exact) mass is 526 g/mol. The lowest BCUT2D eigenvalue weighted by atomic mass is 9.85. The van der Waals surface area contributed by atoms with Gasteiger partial charge in [-0.05, 0) is 59.7 Å². The van der Waals surface area contributed by atoms with Crippen LogP contribution in [0, 0.1) is 25.6 Å². The summed E-state index contributed by atoms with van der Waals surface area (Å²) >= 11 is 0. The Balaban J connectivity index is 1.91. The van der Waals surface area contributed by atoms with Gasteiger partial charge >= 0.3 is 17.9 Å². The van der Waals surface area contributed by atoms with Crippen molar-refractivity contribution in [3.63, 3.8) is 0 Å². The van der Waals surface area contributed by atoms with Crippen LogP contribution in [0.4, 0.5) is 4.39 Å². The average molecular weight is 527 g/mol. The first-order valence-corrected chi connectivity index (χ1v) is 12.2. The number of nitrogens with zero attached hydrogens (tertiary/aromatic N) is 1. The predicted octanol–water partition coefficient (Wildman–Crippen LogP) is 3.85. The van der Waals surface area contributed by atoms with E-state index in [-0.39, 0.29) is 35.6 Å². The number of ether oxygens (including phenoxy) is 3. The number of benzene rings is 1. The predicted molar refractivity (Wildman–Crippen MR) is 136 cm³/mol. The Kier molecular flexibility index (Phi) is 8.88. The fourth-order valence-corrected chi connectivity index (χ4v) is 4.54. The molecule has 0 bridgehead atoms. The molecule has 1 N–H and O–H groups in total. The molecule has 0 radical (unpaired) electrons. The van der Waals surface area contributed by atoms with E-state index in [1.54, 1.807) is 70.4 Å². The van der Waals surface area contributed by atoms with Crippen LogP contribution >= 0.6 is 0 Å². The van der Waals surface area contributed by atoms with Crippen molar-refractivity contribution in [3.05, 3.63) is 75.6 Å². The van der Waals surface area contributed by atoms with Gasteiger partial charge in [0.25, 0.3) is 0 Å². The molecule has 0 unspecified atom stereocenters. The number of aromatic nitrogens is 1. The Hall–Kier alpha value is -4.21. The molecule has 1 aromatic carbocycles. The first kappa shape index (κ1) is 28.4. The molecule has 0 amide bonds. The van der Waals surface area contributed by atoms with E-state index < -0.39 is 42.0 Å². The highest BCUT2D eigenvalue weighted by molar-refractivity contribution is 6.06. The molecule has 2 heterocycles. The average Bonchev–Trinajstić information content (AvgIpc) is 3.16. The second-order valence-corrected chi connectivity index (χ2v) is 8.68. The third-order valence-corrected chi connectivity index (χ3v) is 6.16. The van der Waals surface area contributed by atoms with Gasteiger partial charge in [0, 0.05) is 28.3 Å². The lowest BCUT2D eigenvalue weighted by Crippen LogP contribution is -2.38. The number of aryl methyl sites for hydroxylation is 1. The number of halogens is 1. The van der Waals surface area contributed by atoms with Crippen LogP contribution in [0.1, 0.15) is 49.4 Å². The molecule has 2 aromatic rings. The maximum absolute atomic E-state index is 14.4. The van der Waals surface area contributed by atoms with E-state index >= 15 is 0 Å². The first-order valence-electron chi connectivity index (χ1n) is 12.2. The van der Waals surface area contributed by atoms with Gasteiger partial charge in [-0.3, -0.25) is 9.59 Å². The van der Waals surface area contributed by atoms with E-state index in [1.165, 1.54) is 6.07 Å². The van der Waals surface area contributed by atoms with Crippen LogP contribution in [-0.4, -0.2) is 48.1 Å². The van der Waals surface area contributed by atoms with Crippen LogP contribution in [0.5, 0.6) is 0 Å². The molecular weight excluding hydrogens is 495 g/mol. The number of rotatable bonds is 9. The Morgan fingerprint density at radius 1 is 0.895 bits per heavy atom. The molecule has 38 heavy (non-hydrogen) atoms. The second kappa shape index (κ2) is 11.9. The number of carbonyl (C=O) groups excluding carboxylic acids is 4. The molecular formula is C28H31FN2O7. The zero-order valence-electron chi connectivity index (χ0n) is 22.3. The summed E-state index contributed by atoms with van der Waals surface area (Å²) in [7, 11) is 0. The summed E-state index contributed by atoms with van der Waals surface area (Å²) in [6.07, 6.45) is 0. The maximum Gasteiger partial charge on any atom is 0.337 e. The molecule has 1 aliphatic heterocycles. The third kappa shape index (κ3) is 5.53. The van der Waals surface area contributed by atoms with Gasteiger partial charge in [0.05, 0.1) is 30.0 Å². The highest BCUT2D eigenvalue weighted by atomic mass is 19.1. The summed E-state index contributed by atoms with van der Waals surface area (Å²) in [4.78, 5) is 52.0. The Morgan fingerprint density at radius 2 is 1.45 bits per heavy atom. The fraction of sp³-hybridized carbons (Fsp3) is 0.357. The highest BCUT2D eigenvalue weighted by Gasteiger charge is 2.42. The van der Waals surface area contributed by atoms with Crippen molar-refractivity contribution >= 4 is 23.7 Å². The number of ketones is 1. The largest absolute Gasteiger partial charge is 0.463 e. The summed E-state index contributed by atoms with van der Waals surface area (Å²) in [6.45, 7) is 9.20. The molecule has 0 saturated carbocycles. The number of Topliss-reactive ketones (excluding diaryl/α,β-unsaturated/α-hetero) is 1. The molecule has 0 fully saturated rings.